The van der Waals surface area contributed by atoms with Gasteiger partial charge in [0, 0.05) is 11.1 Å². The van der Waals surface area contributed by atoms with Crippen molar-refractivity contribution in [1.29, 1.82) is 0 Å². The Hall–Kier alpha value is -1.96. The number of carbonyl (C=O) groups excluding carboxylic acids is 2. The van der Waals surface area contributed by atoms with E-state index in [0.29, 0.717) is 17.5 Å². The van der Waals surface area contributed by atoms with Crippen LogP contribution in [0.4, 0.5) is 0 Å². The van der Waals surface area contributed by atoms with Gasteiger partial charge in [-0.2, -0.15) is 0 Å². The van der Waals surface area contributed by atoms with Gasteiger partial charge in [-0.25, -0.2) is 0 Å². The molecular weight excluding hydrogens is 260 g/mol. The minimum atomic E-state index is -0.625. The third-order valence-corrected chi connectivity index (χ3v) is 6.14. The average Bonchev–Trinajstić information content (AvgIpc) is 3.07. The van der Waals surface area contributed by atoms with Crippen molar-refractivity contribution in [3.63, 3.8) is 0 Å². The average molecular weight is 278 g/mol. The Labute approximate surface area is 124 Å². The molecule has 2 heteroatoms. The first kappa shape index (κ1) is 12.8. The van der Waals surface area contributed by atoms with Crippen LogP contribution in [0.25, 0.3) is 0 Å². The molecule has 0 amide bonds. The quantitative estimate of drug-likeness (QED) is 0.770. The van der Waals surface area contributed by atoms with Crippen molar-refractivity contribution >= 4 is 11.6 Å². The van der Waals surface area contributed by atoms with E-state index >= 15 is 0 Å². The minimum absolute atomic E-state index is 0.136. The van der Waals surface area contributed by atoms with E-state index in [9.17, 15) is 9.59 Å². The number of benzene rings is 1. The standard InChI is InChI=1S/C19H18O2/c1-3-10-19-13-9-8-12(11-13)18(19,2)16(20)14-6-4-5-7-15(14)17(19)21/h3-9,12-13H,1,10-11H2,2H3. The number of allylic oxidation sites excluding steroid dienone is 3. The van der Waals surface area contributed by atoms with Gasteiger partial charge in [0.1, 0.15) is 0 Å². The maximum absolute atomic E-state index is 13.3. The van der Waals surface area contributed by atoms with Crippen molar-refractivity contribution < 1.29 is 9.59 Å². The number of hydrogen-bond donors (Lipinski definition) is 0. The van der Waals surface area contributed by atoms with Crippen molar-refractivity contribution in [2.45, 2.75) is 19.8 Å². The second-order valence-electron chi connectivity index (χ2n) is 6.70. The van der Waals surface area contributed by atoms with Crippen LogP contribution in [0.5, 0.6) is 0 Å². The molecule has 0 N–H and O–H groups in total. The lowest BCUT2D eigenvalue weighted by atomic mass is 9.49. The van der Waals surface area contributed by atoms with E-state index in [4.69, 9.17) is 0 Å². The Bertz CT molecular complexity index is 714. The molecule has 4 unspecified atom stereocenters. The van der Waals surface area contributed by atoms with E-state index in [1.807, 2.05) is 25.1 Å². The fourth-order valence-electron chi connectivity index (χ4n) is 5.07. The van der Waals surface area contributed by atoms with Gasteiger partial charge < -0.3 is 0 Å². The highest BCUT2D eigenvalue weighted by Crippen LogP contribution is 2.69. The second kappa shape index (κ2) is 3.82. The molecule has 2 nitrogen and oxygen atoms in total. The van der Waals surface area contributed by atoms with E-state index < -0.39 is 10.8 Å². The molecule has 1 fully saturated rings. The van der Waals surface area contributed by atoms with Gasteiger partial charge in [0.15, 0.2) is 11.6 Å². The van der Waals surface area contributed by atoms with Gasteiger partial charge in [0.2, 0.25) is 0 Å². The summed E-state index contributed by atoms with van der Waals surface area (Å²) in [4.78, 5) is 26.5. The summed E-state index contributed by atoms with van der Waals surface area (Å²) in [5.41, 5.74) is -0.0422. The second-order valence-corrected chi connectivity index (χ2v) is 6.70. The predicted octanol–water partition coefficient (Wildman–Crippen LogP) is 3.84. The molecule has 0 aliphatic heterocycles. The zero-order chi connectivity index (χ0) is 14.8. The monoisotopic (exact) mass is 278 g/mol. The van der Waals surface area contributed by atoms with Crippen molar-refractivity contribution in [2.75, 3.05) is 0 Å². The molecule has 106 valence electrons. The molecule has 1 aromatic carbocycles. The van der Waals surface area contributed by atoms with E-state index in [2.05, 4.69) is 18.7 Å². The Morgan fingerprint density at radius 1 is 1.14 bits per heavy atom. The van der Waals surface area contributed by atoms with Gasteiger partial charge in [-0.15, -0.1) is 6.58 Å². The number of ketones is 2. The first-order valence-corrected chi connectivity index (χ1v) is 7.55. The Kier molecular flexibility index (Phi) is 2.32. The van der Waals surface area contributed by atoms with Crippen LogP contribution in [0, 0.1) is 22.7 Å². The van der Waals surface area contributed by atoms with Gasteiger partial charge in [-0.05, 0) is 24.7 Å². The summed E-state index contributed by atoms with van der Waals surface area (Å²) in [7, 11) is 0. The summed E-state index contributed by atoms with van der Waals surface area (Å²) in [6.07, 6.45) is 7.59. The van der Waals surface area contributed by atoms with Gasteiger partial charge in [0.25, 0.3) is 0 Å². The molecule has 2 bridgehead atoms. The van der Waals surface area contributed by atoms with Crippen LogP contribution >= 0.6 is 0 Å². The molecule has 3 aliphatic carbocycles. The highest BCUT2D eigenvalue weighted by Gasteiger charge is 2.71. The fourth-order valence-corrected chi connectivity index (χ4v) is 5.07. The van der Waals surface area contributed by atoms with Crippen LogP contribution in [0.15, 0.2) is 49.1 Å². The molecule has 21 heavy (non-hydrogen) atoms. The molecular formula is C19H18O2. The number of fused-ring (bicyclic) bond motifs is 6. The Balaban J connectivity index is 2.06. The Morgan fingerprint density at radius 2 is 1.76 bits per heavy atom. The first-order valence-electron chi connectivity index (χ1n) is 7.55. The molecule has 4 atom stereocenters. The zero-order valence-corrected chi connectivity index (χ0v) is 12.1. The maximum Gasteiger partial charge on any atom is 0.171 e. The van der Waals surface area contributed by atoms with Crippen LogP contribution in [0.2, 0.25) is 0 Å². The molecule has 0 spiro atoms. The van der Waals surface area contributed by atoms with E-state index in [0.717, 1.165) is 6.42 Å². The molecule has 0 saturated heterocycles. The van der Waals surface area contributed by atoms with Crippen LogP contribution < -0.4 is 0 Å². The van der Waals surface area contributed by atoms with Crippen LogP contribution in [0.3, 0.4) is 0 Å². The summed E-state index contributed by atoms with van der Waals surface area (Å²) < 4.78 is 0. The van der Waals surface area contributed by atoms with Crippen LogP contribution in [-0.2, 0) is 0 Å². The van der Waals surface area contributed by atoms with Crippen molar-refractivity contribution in [1.82, 2.24) is 0 Å². The predicted molar refractivity (Wildman–Crippen MR) is 81.2 cm³/mol. The summed E-state index contributed by atoms with van der Waals surface area (Å²) in [5, 5.41) is 0. The smallest absolute Gasteiger partial charge is 0.171 e. The normalized spacial score (nSPS) is 39.3. The summed E-state index contributed by atoms with van der Waals surface area (Å²) in [5.74, 6) is 0.607. The fraction of sp³-hybridized carbons (Fsp3) is 0.368. The van der Waals surface area contributed by atoms with E-state index in [1.54, 1.807) is 12.1 Å². The first-order chi connectivity index (χ1) is 10.1. The van der Waals surface area contributed by atoms with E-state index in [1.165, 1.54) is 0 Å². The van der Waals surface area contributed by atoms with Crippen LogP contribution in [-0.4, -0.2) is 11.6 Å². The highest BCUT2D eigenvalue weighted by molar-refractivity contribution is 6.20. The van der Waals surface area contributed by atoms with Gasteiger partial charge >= 0.3 is 0 Å². The maximum atomic E-state index is 13.3. The number of carbonyl (C=O) groups is 2. The molecule has 0 heterocycles. The topological polar surface area (TPSA) is 34.1 Å². The highest BCUT2D eigenvalue weighted by atomic mass is 16.1. The molecule has 0 radical (unpaired) electrons. The lowest BCUT2D eigenvalue weighted by Crippen LogP contribution is -2.56. The molecule has 1 saturated carbocycles. The Morgan fingerprint density at radius 3 is 2.43 bits per heavy atom. The zero-order valence-electron chi connectivity index (χ0n) is 12.1. The third kappa shape index (κ3) is 1.17. The van der Waals surface area contributed by atoms with Crippen molar-refractivity contribution in [3.8, 4) is 0 Å². The summed E-state index contributed by atoms with van der Waals surface area (Å²) >= 11 is 0. The van der Waals surface area contributed by atoms with E-state index in [-0.39, 0.29) is 23.4 Å². The lowest BCUT2D eigenvalue weighted by molar-refractivity contribution is 0.0243. The van der Waals surface area contributed by atoms with Gasteiger partial charge in [0.05, 0.1) is 10.8 Å². The minimum Gasteiger partial charge on any atom is -0.293 e. The number of rotatable bonds is 2. The van der Waals surface area contributed by atoms with Crippen molar-refractivity contribution in [3.05, 3.63) is 60.2 Å². The molecule has 3 aliphatic rings. The molecule has 1 aromatic rings. The largest absolute Gasteiger partial charge is 0.293 e. The summed E-state index contributed by atoms with van der Waals surface area (Å²) in [6.45, 7) is 5.85. The lowest BCUT2D eigenvalue weighted by Gasteiger charge is -2.50. The SMILES string of the molecule is C=CCC12C(=O)c3ccccc3C(=O)C1(C)C1C=CC2C1. The van der Waals surface area contributed by atoms with Crippen LogP contribution in [0.1, 0.15) is 40.5 Å². The molecule has 4 rings (SSSR count). The summed E-state index contributed by atoms with van der Waals surface area (Å²) in [6, 6.07) is 7.29. The molecule has 0 aromatic heterocycles. The number of Topliss-reactive ketones (excluding diaryl/α,β-unsaturated/α-hetero) is 2. The number of hydrogen-bond acceptors (Lipinski definition) is 2. The van der Waals surface area contributed by atoms with Gasteiger partial charge in [-0.3, -0.25) is 9.59 Å². The van der Waals surface area contributed by atoms with Crippen molar-refractivity contribution in [2.24, 2.45) is 22.7 Å². The van der Waals surface area contributed by atoms with Gasteiger partial charge in [-0.1, -0.05) is 49.4 Å². The third-order valence-electron chi connectivity index (χ3n) is 6.14.